The van der Waals surface area contributed by atoms with Crippen molar-refractivity contribution >= 4 is 23.8 Å². The number of amides is 2. The molecule has 1 aromatic carbocycles. The molecule has 0 aromatic heterocycles. The molecule has 3 N–H and O–H groups in total. The number of primary amides is 1. The van der Waals surface area contributed by atoms with Crippen molar-refractivity contribution in [2.75, 3.05) is 14.2 Å². The maximum absolute atomic E-state index is 13.2. The molecule has 2 amide bonds. The smallest absolute Gasteiger partial charge is 0.320 e. The zero-order valence-corrected chi connectivity index (χ0v) is 13.9. The SMILES string of the molecule is COC(=O)C(C(=O)OC)[C@@H](C)[C@H](NC(=O)c1cccc(F)c1)C(N)=O. The number of halogens is 1. The van der Waals surface area contributed by atoms with Gasteiger partial charge in [0.2, 0.25) is 5.91 Å². The first-order chi connectivity index (χ1) is 11.7. The summed E-state index contributed by atoms with van der Waals surface area (Å²) in [6, 6.07) is 3.38. The van der Waals surface area contributed by atoms with E-state index in [2.05, 4.69) is 14.8 Å². The predicted molar refractivity (Wildman–Crippen MR) is 83.5 cm³/mol. The van der Waals surface area contributed by atoms with E-state index in [-0.39, 0.29) is 5.56 Å². The summed E-state index contributed by atoms with van der Waals surface area (Å²) < 4.78 is 22.3. The molecule has 1 rings (SSSR count). The number of carbonyl (C=O) groups excluding carboxylic acids is 4. The molecular weight excluding hydrogens is 335 g/mol. The Hall–Kier alpha value is -2.97. The molecule has 0 bridgehead atoms. The molecule has 136 valence electrons. The van der Waals surface area contributed by atoms with Gasteiger partial charge >= 0.3 is 11.9 Å². The maximum atomic E-state index is 13.2. The highest BCUT2D eigenvalue weighted by molar-refractivity contribution is 5.99. The first-order valence-electron chi connectivity index (χ1n) is 7.24. The van der Waals surface area contributed by atoms with Crippen LogP contribution in [0, 0.1) is 17.7 Å². The van der Waals surface area contributed by atoms with Crippen molar-refractivity contribution in [2.45, 2.75) is 13.0 Å². The number of nitrogens with one attached hydrogen (secondary N) is 1. The highest BCUT2D eigenvalue weighted by Crippen LogP contribution is 2.20. The molecule has 0 spiro atoms. The highest BCUT2D eigenvalue weighted by Gasteiger charge is 2.41. The van der Waals surface area contributed by atoms with Gasteiger partial charge in [-0.2, -0.15) is 0 Å². The van der Waals surface area contributed by atoms with Crippen LogP contribution >= 0.6 is 0 Å². The minimum atomic E-state index is -1.47. The molecule has 0 aliphatic carbocycles. The molecule has 0 aliphatic heterocycles. The number of ether oxygens (including phenoxy) is 2. The van der Waals surface area contributed by atoms with E-state index in [0.29, 0.717) is 0 Å². The quantitative estimate of drug-likeness (QED) is 0.525. The molecule has 0 aliphatic rings. The van der Waals surface area contributed by atoms with Crippen molar-refractivity contribution in [2.24, 2.45) is 17.6 Å². The van der Waals surface area contributed by atoms with E-state index in [4.69, 9.17) is 5.73 Å². The Labute approximate surface area is 143 Å². The second-order valence-corrected chi connectivity index (χ2v) is 5.25. The maximum Gasteiger partial charge on any atom is 0.320 e. The minimum Gasteiger partial charge on any atom is -0.468 e. The number of rotatable bonds is 7. The van der Waals surface area contributed by atoms with Gasteiger partial charge in [0, 0.05) is 11.5 Å². The van der Waals surface area contributed by atoms with E-state index in [1.165, 1.54) is 19.1 Å². The van der Waals surface area contributed by atoms with Gasteiger partial charge in [-0.3, -0.25) is 19.2 Å². The summed E-state index contributed by atoms with van der Waals surface area (Å²) in [6.45, 7) is 1.36. The molecule has 2 atom stereocenters. The zero-order valence-electron chi connectivity index (χ0n) is 13.9. The summed E-state index contributed by atoms with van der Waals surface area (Å²) in [7, 11) is 2.13. The monoisotopic (exact) mass is 354 g/mol. The van der Waals surface area contributed by atoms with Crippen LogP contribution in [-0.4, -0.2) is 44.0 Å². The van der Waals surface area contributed by atoms with Crippen LogP contribution in [0.15, 0.2) is 24.3 Å². The fraction of sp³-hybridized carbons (Fsp3) is 0.375. The van der Waals surface area contributed by atoms with Crippen LogP contribution in [0.25, 0.3) is 0 Å². The van der Waals surface area contributed by atoms with Crippen LogP contribution in [0.1, 0.15) is 17.3 Å². The van der Waals surface area contributed by atoms with Crippen LogP contribution < -0.4 is 11.1 Å². The van der Waals surface area contributed by atoms with E-state index in [0.717, 1.165) is 26.4 Å². The number of nitrogens with two attached hydrogens (primary N) is 1. The third-order valence-corrected chi connectivity index (χ3v) is 3.64. The standard InChI is InChI=1S/C16H19FN2O6/c1-8(11(15(22)24-2)16(23)25-3)12(13(18)20)19-14(21)9-5-4-6-10(17)7-9/h4-8,11-12H,1-3H3,(H2,18,20)(H,19,21)/t8-,12+/m1/s1. The lowest BCUT2D eigenvalue weighted by atomic mass is 9.86. The molecule has 9 heteroatoms. The van der Waals surface area contributed by atoms with Crippen LogP contribution in [0.4, 0.5) is 4.39 Å². The average molecular weight is 354 g/mol. The molecule has 0 saturated carbocycles. The molecule has 0 heterocycles. The summed E-state index contributed by atoms with van der Waals surface area (Å²) >= 11 is 0. The molecular formula is C16H19FN2O6. The van der Waals surface area contributed by atoms with Crippen LogP contribution in [0.2, 0.25) is 0 Å². The Kier molecular flexibility index (Phi) is 7.04. The number of hydrogen-bond donors (Lipinski definition) is 2. The Morgan fingerprint density at radius 3 is 2.12 bits per heavy atom. The molecule has 25 heavy (non-hydrogen) atoms. The van der Waals surface area contributed by atoms with E-state index >= 15 is 0 Å². The van der Waals surface area contributed by atoms with Gasteiger partial charge in [0.05, 0.1) is 14.2 Å². The first-order valence-corrected chi connectivity index (χ1v) is 7.24. The molecule has 0 fully saturated rings. The van der Waals surface area contributed by atoms with Gasteiger partial charge in [0.15, 0.2) is 5.92 Å². The largest absolute Gasteiger partial charge is 0.468 e. The van der Waals surface area contributed by atoms with Crippen LogP contribution in [0.5, 0.6) is 0 Å². The number of hydrogen-bond acceptors (Lipinski definition) is 6. The van der Waals surface area contributed by atoms with Gasteiger partial charge in [-0.05, 0) is 18.2 Å². The summed E-state index contributed by atoms with van der Waals surface area (Å²) in [5, 5.41) is 2.30. The van der Waals surface area contributed by atoms with E-state index in [1.807, 2.05) is 0 Å². The third kappa shape index (κ3) is 5.00. The van der Waals surface area contributed by atoms with Gasteiger partial charge in [-0.15, -0.1) is 0 Å². The first kappa shape index (κ1) is 20.1. The highest BCUT2D eigenvalue weighted by atomic mass is 19.1. The van der Waals surface area contributed by atoms with Crippen LogP contribution in [-0.2, 0) is 23.9 Å². The number of methoxy groups -OCH3 is 2. The zero-order chi connectivity index (χ0) is 19.1. The normalized spacial score (nSPS) is 12.8. The van der Waals surface area contributed by atoms with Crippen LogP contribution in [0.3, 0.4) is 0 Å². The molecule has 1 aromatic rings. The van der Waals surface area contributed by atoms with Gasteiger partial charge in [0.25, 0.3) is 5.91 Å². The molecule has 0 radical (unpaired) electrons. The van der Waals surface area contributed by atoms with E-state index in [9.17, 15) is 23.6 Å². The lowest BCUT2D eigenvalue weighted by Crippen LogP contribution is -2.52. The predicted octanol–water partition coefficient (Wildman–Crippen LogP) is 0.00770. The average Bonchev–Trinajstić information content (AvgIpc) is 2.58. The van der Waals surface area contributed by atoms with E-state index < -0.39 is 47.4 Å². The lowest BCUT2D eigenvalue weighted by molar-refractivity contribution is -0.161. The molecule has 8 nitrogen and oxygen atoms in total. The number of carbonyl (C=O) groups is 4. The summed E-state index contributed by atoms with van der Waals surface area (Å²) in [5.74, 6) is -6.82. The summed E-state index contributed by atoms with van der Waals surface area (Å²) in [6.07, 6.45) is 0. The van der Waals surface area contributed by atoms with Gasteiger partial charge in [0.1, 0.15) is 11.9 Å². The van der Waals surface area contributed by atoms with Gasteiger partial charge in [-0.25, -0.2) is 4.39 Å². The lowest BCUT2D eigenvalue weighted by Gasteiger charge is -2.26. The molecule has 0 unspecified atom stereocenters. The second kappa shape index (κ2) is 8.76. The fourth-order valence-corrected chi connectivity index (χ4v) is 2.29. The third-order valence-electron chi connectivity index (χ3n) is 3.64. The Balaban J connectivity index is 3.08. The fourth-order valence-electron chi connectivity index (χ4n) is 2.29. The van der Waals surface area contributed by atoms with Crippen molar-refractivity contribution in [1.29, 1.82) is 0 Å². The topological polar surface area (TPSA) is 125 Å². The minimum absolute atomic E-state index is 0.0499. The van der Waals surface area contributed by atoms with Gasteiger partial charge in [-0.1, -0.05) is 13.0 Å². The number of esters is 2. The van der Waals surface area contributed by atoms with Crippen molar-refractivity contribution in [3.8, 4) is 0 Å². The van der Waals surface area contributed by atoms with E-state index in [1.54, 1.807) is 0 Å². The summed E-state index contributed by atoms with van der Waals surface area (Å²) in [5.41, 5.74) is 5.23. The van der Waals surface area contributed by atoms with Crippen molar-refractivity contribution in [3.63, 3.8) is 0 Å². The van der Waals surface area contributed by atoms with Crippen molar-refractivity contribution in [3.05, 3.63) is 35.6 Å². The molecule has 0 saturated heterocycles. The Bertz CT molecular complexity index is 662. The van der Waals surface area contributed by atoms with Crippen molar-refractivity contribution < 1.29 is 33.0 Å². The second-order valence-electron chi connectivity index (χ2n) is 5.25. The summed E-state index contributed by atoms with van der Waals surface area (Å²) in [4.78, 5) is 47.6. The van der Waals surface area contributed by atoms with Gasteiger partial charge < -0.3 is 20.5 Å². The number of benzene rings is 1. The Morgan fingerprint density at radius 2 is 1.68 bits per heavy atom. The van der Waals surface area contributed by atoms with Crippen molar-refractivity contribution in [1.82, 2.24) is 5.32 Å². The Morgan fingerprint density at radius 1 is 1.12 bits per heavy atom.